The number of rotatable bonds is 7. The van der Waals surface area contributed by atoms with Crippen LogP contribution in [0.5, 0.6) is 5.75 Å². The molecule has 6 nitrogen and oxygen atoms in total. The zero-order valence-electron chi connectivity index (χ0n) is 14.1. The third-order valence-electron chi connectivity index (χ3n) is 3.47. The molecule has 0 aliphatic heterocycles. The van der Waals surface area contributed by atoms with Gasteiger partial charge in [-0.2, -0.15) is 0 Å². The van der Waals surface area contributed by atoms with Crippen molar-refractivity contribution in [3.63, 3.8) is 0 Å². The van der Waals surface area contributed by atoms with Crippen molar-refractivity contribution >= 4 is 27.3 Å². The Morgan fingerprint density at radius 1 is 1.20 bits per heavy atom. The normalized spacial score (nSPS) is 10.8. The minimum Gasteiger partial charge on any atom is -0.490 e. The fraction of sp³-hybridized carbons (Fsp3) is 0.167. The van der Waals surface area contributed by atoms with Crippen LogP contribution in [0.25, 0.3) is 0 Å². The standard InChI is InChI=1S/C18H20N2O4S/c1-4-13-24-15-11-9-14(10-12-15)19-18(21)16-7-5-6-8-17(16)20(2)25(3,22)23/h4-12H,1,13H2,2-3H3,(H,19,21). The summed E-state index contributed by atoms with van der Waals surface area (Å²) in [4.78, 5) is 12.5. The van der Waals surface area contributed by atoms with E-state index < -0.39 is 15.9 Å². The Hall–Kier alpha value is -2.80. The summed E-state index contributed by atoms with van der Waals surface area (Å²) in [5, 5.41) is 2.75. The van der Waals surface area contributed by atoms with E-state index in [4.69, 9.17) is 4.74 Å². The van der Waals surface area contributed by atoms with Gasteiger partial charge in [-0.05, 0) is 36.4 Å². The van der Waals surface area contributed by atoms with Gasteiger partial charge in [-0.25, -0.2) is 8.42 Å². The van der Waals surface area contributed by atoms with Gasteiger partial charge in [-0.3, -0.25) is 9.10 Å². The number of nitrogens with zero attached hydrogens (tertiary/aromatic N) is 1. The van der Waals surface area contributed by atoms with Crippen LogP contribution in [-0.4, -0.2) is 34.2 Å². The summed E-state index contributed by atoms with van der Waals surface area (Å²) in [7, 11) is -2.06. The number of anilines is 2. The van der Waals surface area contributed by atoms with Crippen molar-refractivity contribution in [2.75, 3.05) is 29.5 Å². The van der Waals surface area contributed by atoms with Gasteiger partial charge in [0.1, 0.15) is 12.4 Å². The lowest BCUT2D eigenvalue weighted by molar-refractivity contribution is 0.102. The van der Waals surface area contributed by atoms with Gasteiger partial charge in [0.15, 0.2) is 0 Å². The number of para-hydroxylation sites is 1. The van der Waals surface area contributed by atoms with Crippen molar-refractivity contribution in [3.05, 3.63) is 66.7 Å². The zero-order chi connectivity index (χ0) is 18.4. The van der Waals surface area contributed by atoms with Crippen molar-refractivity contribution < 1.29 is 17.9 Å². The van der Waals surface area contributed by atoms with E-state index in [9.17, 15) is 13.2 Å². The third kappa shape index (κ3) is 4.84. The van der Waals surface area contributed by atoms with E-state index in [0.29, 0.717) is 23.7 Å². The first-order chi connectivity index (χ1) is 11.8. The van der Waals surface area contributed by atoms with Crippen molar-refractivity contribution in [1.29, 1.82) is 0 Å². The van der Waals surface area contributed by atoms with Crippen molar-refractivity contribution in [1.82, 2.24) is 0 Å². The molecule has 7 heteroatoms. The Morgan fingerprint density at radius 3 is 2.44 bits per heavy atom. The van der Waals surface area contributed by atoms with Crippen molar-refractivity contribution in [2.45, 2.75) is 0 Å². The molecule has 2 rings (SSSR count). The van der Waals surface area contributed by atoms with Crippen molar-refractivity contribution in [3.8, 4) is 5.75 Å². The zero-order valence-corrected chi connectivity index (χ0v) is 14.9. The van der Waals surface area contributed by atoms with E-state index in [2.05, 4.69) is 11.9 Å². The average molecular weight is 360 g/mol. The number of benzene rings is 2. The molecule has 25 heavy (non-hydrogen) atoms. The summed E-state index contributed by atoms with van der Waals surface area (Å²) in [5.74, 6) is 0.265. The van der Waals surface area contributed by atoms with Crippen LogP contribution < -0.4 is 14.4 Å². The lowest BCUT2D eigenvalue weighted by Crippen LogP contribution is -2.27. The summed E-state index contributed by atoms with van der Waals surface area (Å²) in [6.45, 7) is 3.98. The molecule has 1 amide bonds. The van der Waals surface area contributed by atoms with Crippen LogP contribution in [0.15, 0.2) is 61.2 Å². The topological polar surface area (TPSA) is 75.7 Å². The quantitative estimate of drug-likeness (QED) is 0.771. The summed E-state index contributed by atoms with van der Waals surface area (Å²) < 4.78 is 30.0. The third-order valence-corrected chi connectivity index (χ3v) is 4.66. The Labute approximate surface area is 147 Å². The van der Waals surface area contributed by atoms with Gasteiger partial charge in [0.05, 0.1) is 17.5 Å². The van der Waals surface area contributed by atoms with E-state index in [1.165, 1.54) is 7.05 Å². The number of amides is 1. The minimum atomic E-state index is -3.47. The largest absolute Gasteiger partial charge is 0.490 e. The van der Waals surface area contributed by atoms with E-state index in [-0.39, 0.29) is 5.56 Å². The second kappa shape index (κ2) is 7.85. The van der Waals surface area contributed by atoms with Crippen LogP contribution >= 0.6 is 0 Å². The molecule has 0 fully saturated rings. The molecule has 2 aromatic carbocycles. The smallest absolute Gasteiger partial charge is 0.257 e. The summed E-state index contributed by atoms with van der Waals surface area (Å²) in [5.41, 5.74) is 1.16. The lowest BCUT2D eigenvalue weighted by atomic mass is 10.1. The highest BCUT2D eigenvalue weighted by molar-refractivity contribution is 7.92. The highest BCUT2D eigenvalue weighted by Gasteiger charge is 2.19. The number of nitrogens with one attached hydrogen (secondary N) is 1. The summed E-state index contributed by atoms with van der Waals surface area (Å²) in [6, 6.07) is 13.4. The van der Waals surface area contributed by atoms with E-state index in [0.717, 1.165) is 10.6 Å². The molecule has 2 aromatic rings. The molecular formula is C18H20N2O4S. The highest BCUT2D eigenvalue weighted by atomic mass is 32.2. The van der Waals surface area contributed by atoms with Crippen LogP contribution in [0.3, 0.4) is 0 Å². The van der Waals surface area contributed by atoms with Crippen molar-refractivity contribution in [2.24, 2.45) is 0 Å². The fourth-order valence-corrected chi connectivity index (χ4v) is 2.62. The molecule has 0 saturated heterocycles. The number of carbonyl (C=O) groups excluding carboxylic acids is 1. The predicted molar refractivity (Wildman–Crippen MR) is 99.8 cm³/mol. The molecule has 0 atom stereocenters. The van der Waals surface area contributed by atoms with Crippen LogP contribution in [0, 0.1) is 0 Å². The van der Waals surface area contributed by atoms with Gasteiger partial charge in [0.2, 0.25) is 10.0 Å². The van der Waals surface area contributed by atoms with Gasteiger partial charge in [-0.1, -0.05) is 24.8 Å². The van der Waals surface area contributed by atoms with Crippen LogP contribution in [0.4, 0.5) is 11.4 Å². The molecule has 0 aliphatic carbocycles. The first kappa shape index (κ1) is 18.5. The maximum Gasteiger partial charge on any atom is 0.257 e. The van der Waals surface area contributed by atoms with Crippen LogP contribution in [0.1, 0.15) is 10.4 Å². The molecule has 0 saturated carbocycles. The average Bonchev–Trinajstić information content (AvgIpc) is 2.59. The summed E-state index contributed by atoms with van der Waals surface area (Å²) in [6.07, 6.45) is 2.73. The number of ether oxygens (including phenoxy) is 1. The Balaban J connectivity index is 2.20. The maximum atomic E-state index is 12.5. The molecule has 132 valence electrons. The molecule has 0 aliphatic rings. The Kier molecular flexibility index (Phi) is 5.82. The van der Waals surface area contributed by atoms with E-state index >= 15 is 0 Å². The highest BCUT2D eigenvalue weighted by Crippen LogP contribution is 2.23. The molecular weight excluding hydrogens is 340 g/mol. The maximum absolute atomic E-state index is 12.5. The molecule has 0 unspecified atom stereocenters. The van der Waals surface area contributed by atoms with E-state index in [1.807, 2.05) is 0 Å². The lowest BCUT2D eigenvalue weighted by Gasteiger charge is -2.19. The monoisotopic (exact) mass is 360 g/mol. The first-order valence-electron chi connectivity index (χ1n) is 7.51. The van der Waals surface area contributed by atoms with Crippen LogP contribution in [0.2, 0.25) is 0 Å². The second-order valence-corrected chi connectivity index (χ2v) is 7.34. The molecule has 0 heterocycles. The molecule has 1 N–H and O–H groups in total. The number of hydrogen-bond acceptors (Lipinski definition) is 4. The van der Waals surface area contributed by atoms with Gasteiger partial charge < -0.3 is 10.1 Å². The van der Waals surface area contributed by atoms with E-state index in [1.54, 1.807) is 54.6 Å². The fourth-order valence-electron chi connectivity index (χ4n) is 2.11. The van der Waals surface area contributed by atoms with Gasteiger partial charge >= 0.3 is 0 Å². The Morgan fingerprint density at radius 2 is 1.84 bits per heavy atom. The molecule has 0 aromatic heterocycles. The number of carbonyl (C=O) groups is 1. The molecule has 0 bridgehead atoms. The molecule has 0 radical (unpaired) electrons. The minimum absolute atomic E-state index is 0.266. The first-order valence-corrected chi connectivity index (χ1v) is 9.36. The number of hydrogen-bond donors (Lipinski definition) is 1. The number of sulfonamides is 1. The molecule has 0 spiro atoms. The van der Waals surface area contributed by atoms with Gasteiger partial charge in [0.25, 0.3) is 5.91 Å². The van der Waals surface area contributed by atoms with Crippen LogP contribution in [-0.2, 0) is 10.0 Å². The predicted octanol–water partition coefficient (Wildman–Crippen LogP) is 2.90. The second-order valence-electron chi connectivity index (χ2n) is 5.33. The Bertz CT molecular complexity index is 861. The van der Waals surface area contributed by atoms with Gasteiger partial charge in [0, 0.05) is 12.7 Å². The summed E-state index contributed by atoms with van der Waals surface area (Å²) >= 11 is 0. The van der Waals surface area contributed by atoms with Gasteiger partial charge in [-0.15, -0.1) is 0 Å². The SMILES string of the molecule is C=CCOc1ccc(NC(=O)c2ccccc2N(C)S(C)(=O)=O)cc1.